The van der Waals surface area contributed by atoms with E-state index in [1.807, 2.05) is 12.1 Å². The Hall–Kier alpha value is -2.14. The fourth-order valence-corrected chi connectivity index (χ4v) is 2.82. The highest BCUT2D eigenvalue weighted by Gasteiger charge is 2.29. The summed E-state index contributed by atoms with van der Waals surface area (Å²) in [5.41, 5.74) is 1.20. The summed E-state index contributed by atoms with van der Waals surface area (Å²) >= 11 is 1.23. The molecule has 1 saturated carbocycles. The van der Waals surface area contributed by atoms with Gasteiger partial charge in [-0.3, -0.25) is 4.79 Å². The molecule has 4 nitrogen and oxygen atoms in total. The van der Waals surface area contributed by atoms with Gasteiger partial charge in [0.1, 0.15) is 10.6 Å². The molecule has 0 aliphatic heterocycles. The number of ether oxygens (including phenoxy) is 1. The van der Waals surface area contributed by atoms with E-state index in [4.69, 9.17) is 4.74 Å². The predicted molar refractivity (Wildman–Crippen MR) is 86.5 cm³/mol. The maximum atomic E-state index is 12.1. The van der Waals surface area contributed by atoms with Gasteiger partial charge < -0.3 is 10.1 Å². The molecule has 3 rings (SSSR count). The highest BCUT2D eigenvalue weighted by Crippen LogP contribution is 2.31. The number of amides is 1. The van der Waals surface area contributed by atoms with Gasteiger partial charge in [0, 0.05) is 5.92 Å². The van der Waals surface area contributed by atoms with Crippen LogP contribution in [0.5, 0.6) is 5.75 Å². The molecule has 5 heteroatoms. The van der Waals surface area contributed by atoms with Crippen molar-refractivity contribution in [3.05, 3.63) is 46.8 Å². The SMILES string of the molecule is CCc1ccc(OC(=O)c2ccc(NC(=O)C3CC3)s2)cc1. The topological polar surface area (TPSA) is 55.4 Å². The molecular formula is C17H17NO3S. The Morgan fingerprint density at radius 2 is 1.91 bits per heavy atom. The van der Waals surface area contributed by atoms with Crippen LogP contribution in [-0.4, -0.2) is 11.9 Å². The number of hydrogen-bond donors (Lipinski definition) is 1. The third kappa shape index (κ3) is 3.54. The van der Waals surface area contributed by atoms with Crippen molar-refractivity contribution in [1.29, 1.82) is 0 Å². The number of rotatable bonds is 5. The minimum absolute atomic E-state index is 0.0388. The fraction of sp³-hybridized carbons (Fsp3) is 0.294. The van der Waals surface area contributed by atoms with Crippen molar-refractivity contribution in [3.63, 3.8) is 0 Å². The van der Waals surface area contributed by atoms with Crippen LogP contribution in [0.15, 0.2) is 36.4 Å². The number of hydrogen-bond acceptors (Lipinski definition) is 4. The van der Waals surface area contributed by atoms with Crippen LogP contribution in [-0.2, 0) is 11.2 Å². The molecule has 1 aliphatic carbocycles. The van der Waals surface area contributed by atoms with Gasteiger partial charge in [0.05, 0.1) is 5.00 Å². The van der Waals surface area contributed by atoms with Gasteiger partial charge in [0.25, 0.3) is 0 Å². The largest absolute Gasteiger partial charge is 0.422 e. The minimum Gasteiger partial charge on any atom is -0.422 e. The lowest BCUT2D eigenvalue weighted by atomic mass is 10.2. The van der Waals surface area contributed by atoms with Crippen LogP contribution in [0.2, 0.25) is 0 Å². The third-order valence-electron chi connectivity index (χ3n) is 3.54. The molecule has 0 bridgehead atoms. The number of anilines is 1. The van der Waals surface area contributed by atoms with Crippen molar-refractivity contribution >= 4 is 28.2 Å². The minimum atomic E-state index is -0.402. The standard InChI is InChI=1S/C17H17NO3S/c1-2-11-3-7-13(8-4-11)21-17(20)14-9-10-15(22-14)18-16(19)12-5-6-12/h3-4,7-10,12H,2,5-6H2,1H3,(H,18,19). The Balaban J connectivity index is 1.61. The van der Waals surface area contributed by atoms with E-state index in [1.54, 1.807) is 24.3 Å². The van der Waals surface area contributed by atoms with Crippen LogP contribution in [0.25, 0.3) is 0 Å². The summed E-state index contributed by atoms with van der Waals surface area (Å²) in [5, 5.41) is 3.52. The van der Waals surface area contributed by atoms with Crippen LogP contribution in [0, 0.1) is 5.92 Å². The molecule has 0 atom stereocenters. The Kier molecular flexibility index (Phi) is 4.24. The second-order valence-corrected chi connectivity index (χ2v) is 6.40. The number of nitrogens with one attached hydrogen (secondary N) is 1. The third-order valence-corrected chi connectivity index (χ3v) is 4.52. The molecule has 1 amide bonds. The zero-order chi connectivity index (χ0) is 15.5. The number of aryl methyl sites for hydroxylation is 1. The summed E-state index contributed by atoms with van der Waals surface area (Å²) in [4.78, 5) is 24.3. The van der Waals surface area contributed by atoms with Crippen LogP contribution in [0.1, 0.15) is 35.0 Å². The Bertz CT molecular complexity index is 686. The molecule has 1 aliphatic rings. The van der Waals surface area contributed by atoms with Gasteiger partial charge in [-0.1, -0.05) is 19.1 Å². The lowest BCUT2D eigenvalue weighted by Crippen LogP contribution is -2.12. The normalized spacial score (nSPS) is 13.7. The molecule has 2 aromatic rings. The quantitative estimate of drug-likeness (QED) is 0.673. The van der Waals surface area contributed by atoms with Gasteiger partial charge in [-0.2, -0.15) is 0 Å². The highest BCUT2D eigenvalue weighted by molar-refractivity contribution is 7.18. The first-order valence-corrected chi connectivity index (χ1v) is 8.19. The van der Waals surface area contributed by atoms with E-state index in [0.29, 0.717) is 15.6 Å². The molecule has 1 N–H and O–H groups in total. The lowest BCUT2D eigenvalue weighted by Gasteiger charge is -2.03. The van der Waals surface area contributed by atoms with Crippen molar-refractivity contribution in [2.24, 2.45) is 5.92 Å². The number of carbonyl (C=O) groups is 2. The zero-order valence-corrected chi connectivity index (χ0v) is 13.1. The maximum Gasteiger partial charge on any atom is 0.353 e. The monoisotopic (exact) mass is 315 g/mol. The highest BCUT2D eigenvalue weighted by atomic mass is 32.1. The van der Waals surface area contributed by atoms with Crippen molar-refractivity contribution in [1.82, 2.24) is 0 Å². The molecule has 1 aromatic heterocycles. The number of esters is 1. The summed E-state index contributed by atoms with van der Waals surface area (Å²) in [5.74, 6) is 0.312. The van der Waals surface area contributed by atoms with Crippen molar-refractivity contribution in [2.45, 2.75) is 26.2 Å². The number of thiophene rings is 1. The second kappa shape index (κ2) is 6.32. The number of benzene rings is 1. The molecule has 22 heavy (non-hydrogen) atoms. The lowest BCUT2D eigenvalue weighted by molar-refractivity contribution is -0.117. The maximum absolute atomic E-state index is 12.1. The van der Waals surface area contributed by atoms with E-state index >= 15 is 0 Å². The summed E-state index contributed by atoms with van der Waals surface area (Å²) in [7, 11) is 0. The van der Waals surface area contributed by atoms with Gasteiger partial charge in [-0.15, -0.1) is 11.3 Å². The zero-order valence-electron chi connectivity index (χ0n) is 12.3. The Labute approximate surface area is 133 Å². The van der Waals surface area contributed by atoms with Crippen LogP contribution in [0.4, 0.5) is 5.00 Å². The molecule has 1 heterocycles. The van der Waals surface area contributed by atoms with Crippen LogP contribution < -0.4 is 10.1 Å². The van der Waals surface area contributed by atoms with Crippen LogP contribution >= 0.6 is 11.3 Å². The first kappa shape index (κ1) is 14.8. The predicted octanol–water partition coefficient (Wildman–Crippen LogP) is 3.88. The number of carbonyl (C=O) groups excluding carboxylic acids is 2. The van der Waals surface area contributed by atoms with Gasteiger partial charge in [-0.25, -0.2) is 4.79 Å². The van der Waals surface area contributed by atoms with E-state index in [1.165, 1.54) is 16.9 Å². The molecule has 114 valence electrons. The van der Waals surface area contributed by atoms with Crippen molar-refractivity contribution < 1.29 is 14.3 Å². The van der Waals surface area contributed by atoms with E-state index in [2.05, 4.69) is 12.2 Å². The summed E-state index contributed by atoms with van der Waals surface area (Å²) in [6, 6.07) is 10.9. The summed E-state index contributed by atoms with van der Waals surface area (Å²) in [6.07, 6.45) is 2.86. The fourth-order valence-electron chi connectivity index (χ4n) is 2.03. The summed E-state index contributed by atoms with van der Waals surface area (Å²) < 4.78 is 5.34. The van der Waals surface area contributed by atoms with E-state index in [0.717, 1.165) is 19.3 Å². The smallest absolute Gasteiger partial charge is 0.353 e. The van der Waals surface area contributed by atoms with Gasteiger partial charge in [-0.05, 0) is 49.1 Å². The average Bonchev–Trinajstić information content (AvgIpc) is 3.28. The first-order chi connectivity index (χ1) is 10.7. The molecule has 1 aromatic carbocycles. The molecule has 0 saturated heterocycles. The molecule has 0 spiro atoms. The molecule has 0 unspecified atom stereocenters. The van der Waals surface area contributed by atoms with Gasteiger partial charge >= 0.3 is 5.97 Å². The molecular weight excluding hydrogens is 298 g/mol. The second-order valence-electron chi connectivity index (χ2n) is 5.31. The van der Waals surface area contributed by atoms with E-state index < -0.39 is 5.97 Å². The first-order valence-electron chi connectivity index (χ1n) is 7.37. The van der Waals surface area contributed by atoms with Gasteiger partial charge in [0.2, 0.25) is 5.91 Å². The average molecular weight is 315 g/mol. The molecule has 1 fully saturated rings. The van der Waals surface area contributed by atoms with Crippen molar-refractivity contribution in [3.8, 4) is 5.75 Å². The van der Waals surface area contributed by atoms with E-state index in [-0.39, 0.29) is 11.8 Å². The molecule has 0 radical (unpaired) electrons. The Morgan fingerprint density at radius 3 is 2.55 bits per heavy atom. The van der Waals surface area contributed by atoms with Crippen LogP contribution in [0.3, 0.4) is 0 Å². The van der Waals surface area contributed by atoms with Crippen molar-refractivity contribution in [2.75, 3.05) is 5.32 Å². The van der Waals surface area contributed by atoms with Gasteiger partial charge in [0.15, 0.2) is 0 Å². The summed E-state index contributed by atoms with van der Waals surface area (Å²) in [6.45, 7) is 2.07. The van der Waals surface area contributed by atoms with E-state index in [9.17, 15) is 9.59 Å². The Morgan fingerprint density at radius 1 is 1.18 bits per heavy atom.